The minimum absolute atomic E-state index is 0.0754. The van der Waals surface area contributed by atoms with Crippen molar-refractivity contribution in [3.8, 4) is 0 Å². The first-order chi connectivity index (χ1) is 12.7. The highest BCUT2D eigenvalue weighted by Gasteiger charge is 2.53. The monoisotopic (exact) mass is 355 g/mol. The van der Waals surface area contributed by atoms with Crippen LogP contribution in [0.25, 0.3) is 0 Å². The minimum atomic E-state index is 0.0754. The molecule has 3 heterocycles. The highest BCUT2D eigenvalue weighted by Crippen LogP contribution is 2.61. The fourth-order valence-electron chi connectivity index (χ4n) is 7.31. The standard InChI is InChI=1S/C21H29N3O2/c25-20(16-2-4-26-12-16)24-3-1-18-17(11-24)19(23-22-18)21-8-13-5-14(9-21)7-15(6-13)10-21/h13-16H,1-12H2,(H,22,23)/t13?,14?,15?,16-,21?/m1/s1. The van der Waals surface area contributed by atoms with Crippen LogP contribution in [0, 0.1) is 23.7 Å². The summed E-state index contributed by atoms with van der Waals surface area (Å²) in [6.45, 7) is 2.93. The number of H-pyrrole nitrogens is 1. The molecule has 140 valence electrons. The molecule has 7 rings (SSSR count). The lowest BCUT2D eigenvalue weighted by Gasteiger charge is -2.56. The number of nitrogens with zero attached hydrogens (tertiary/aromatic N) is 2. The van der Waals surface area contributed by atoms with E-state index in [-0.39, 0.29) is 5.92 Å². The molecule has 4 aliphatic carbocycles. The first-order valence-electron chi connectivity index (χ1n) is 10.6. The molecule has 1 aromatic heterocycles. The van der Waals surface area contributed by atoms with E-state index in [2.05, 4.69) is 10.00 Å². The predicted octanol–water partition coefficient (Wildman–Crippen LogP) is 2.80. The van der Waals surface area contributed by atoms with Crippen molar-refractivity contribution in [1.82, 2.24) is 15.1 Å². The molecule has 5 nitrogen and oxygen atoms in total. The molecular weight excluding hydrogens is 326 g/mol. The fraction of sp³-hybridized carbons (Fsp3) is 0.810. The van der Waals surface area contributed by atoms with Gasteiger partial charge >= 0.3 is 0 Å². The van der Waals surface area contributed by atoms with Crippen LogP contribution in [0.4, 0.5) is 0 Å². The molecule has 0 unspecified atom stereocenters. The number of hydrogen-bond acceptors (Lipinski definition) is 3. The number of carbonyl (C=O) groups is 1. The number of nitrogens with one attached hydrogen (secondary N) is 1. The Balaban J connectivity index is 1.30. The lowest BCUT2D eigenvalue weighted by Crippen LogP contribution is -2.49. The molecule has 1 saturated heterocycles. The maximum atomic E-state index is 12.9. The molecule has 1 N–H and O–H groups in total. The van der Waals surface area contributed by atoms with Crippen LogP contribution in [-0.4, -0.2) is 40.8 Å². The summed E-state index contributed by atoms with van der Waals surface area (Å²) in [7, 11) is 0. The van der Waals surface area contributed by atoms with Gasteiger partial charge < -0.3 is 9.64 Å². The number of carbonyl (C=O) groups excluding carboxylic acids is 1. The molecule has 4 bridgehead atoms. The summed E-state index contributed by atoms with van der Waals surface area (Å²) in [6.07, 6.45) is 10.2. The van der Waals surface area contributed by atoms with E-state index in [9.17, 15) is 4.79 Å². The first kappa shape index (κ1) is 15.7. The summed E-state index contributed by atoms with van der Waals surface area (Å²) < 4.78 is 5.45. The SMILES string of the molecule is O=C([C@@H]1CCOC1)N1CCc2[nH]nc(C34CC5CC(CC(C5)C3)C4)c2C1. The Bertz CT molecular complexity index is 698. The number of aromatic nitrogens is 2. The Hall–Kier alpha value is -1.36. The fourth-order valence-corrected chi connectivity index (χ4v) is 7.31. The van der Waals surface area contributed by atoms with Gasteiger partial charge in [-0.25, -0.2) is 0 Å². The lowest BCUT2D eigenvalue weighted by molar-refractivity contribution is -0.136. The van der Waals surface area contributed by atoms with E-state index < -0.39 is 0 Å². The molecule has 26 heavy (non-hydrogen) atoms. The van der Waals surface area contributed by atoms with E-state index in [1.807, 2.05) is 0 Å². The summed E-state index contributed by atoms with van der Waals surface area (Å²) in [6, 6.07) is 0. The molecule has 0 radical (unpaired) electrons. The summed E-state index contributed by atoms with van der Waals surface area (Å²) in [4.78, 5) is 15.0. The molecule has 5 heteroatoms. The van der Waals surface area contributed by atoms with E-state index in [4.69, 9.17) is 9.84 Å². The van der Waals surface area contributed by atoms with Crippen molar-refractivity contribution in [2.45, 2.75) is 63.3 Å². The van der Waals surface area contributed by atoms with E-state index in [1.165, 1.54) is 55.5 Å². The molecule has 5 fully saturated rings. The zero-order chi connectivity index (χ0) is 17.3. The van der Waals surface area contributed by atoms with Gasteiger partial charge in [-0.2, -0.15) is 5.10 Å². The Kier molecular flexibility index (Phi) is 3.36. The van der Waals surface area contributed by atoms with Crippen LogP contribution in [0.3, 0.4) is 0 Å². The van der Waals surface area contributed by atoms with Gasteiger partial charge in [0, 0.05) is 42.8 Å². The zero-order valence-corrected chi connectivity index (χ0v) is 15.5. The lowest BCUT2D eigenvalue weighted by atomic mass is 9.48. The van der Waals surface area contributed by atoms with Gasteiger partial charge in [0.1, 0.15) is 0 Å². The van der Waals surface area contributed by atoms with Crippen LogP contribution in [0.2, 0.25) is 0 Å². The smallest absolute Gasteiger partial charge is 0.228 e. The van der Waals surface area contributed by atoms with E-state index in [1.54, 1.807) is 0 Å². The molecule has 6 aliphatic rings. The third-order valence-corrected chi connectivity index (χ3v) is 8.06. The Morgan fingerprint density at radius 2 is 1.88 bits per heavy atom. The summed E-state index contributed by atoms with van der Waals surface area (Å²) in [5.74, 6) is 3.14. The van der Waals surface area contributed by atoms with Gasteiger partial charge in [-0.05, 0) is 62.7 Å². The summed E-state index contributed by atoms with van der Waals surface area (Å²) >= 11 is 0. The largest absolute Gasteiger partial charge is 0.381 e. The van der Waals surface area contributed by atoms with Gasteiger partial charge in [-0.3, -0.25) is 9.89 Å². The number of hydrogen-bond donors (Lipinski definition) is 1. The molecule has 1 amide bonds. The second kappa shape index (κ2) is 5.57. The van der Waals surface area contributed by atoms with Crippen LogP contribution in [0.5, 0.6) is 0 Å². The highest BCUT2D eigenvalue weighted by atomic mass is 16.5. The summed E-state index contributed by atoms with van der Waals surface area (Å²) in [5.41, 5.74) is 4.31. The number of rotatable bonds is 2. The number of aromatic amines is 1. The maximum absolute atomic E-state index is 12.9. The first-order valence-corrected chi connectivity index (χ1v) is 10.6. The third-order valence-electron chi connectivity index (χ3n) is 8.06. The second-order valence-electron chi connectivity index (χ2n) is 9.80. The molecule has 0 spiro atoms. The van der Waals surface area contributed by atoms with Gasteiger partial charge in [-0.15, -0.1) is 0 Å². The van der Waals surface area contributed by atoms with Crippen molar-refractivity contribution in [3.05, 3.63) is 17.0 Å². The predicted molar refractivity (Wildman–Crippen MR) is 96.5 cm³/mol. The van der Waals surface area contributed by atoms with Gasteiger partial charge in [0.2, 0.25) is 5.91 Å². The van der Waals surface area contributed by atoms with Crippen LogP contribution >= 0.6 is 0 Å². The van der Waals surface area contributed by atoms with Gasteiger partial charge in [0.25, 0.3) is 0 Å². The van der Waals surface area contributed by atoms with Crippen LogP contribution in [-0.2, 0) is 27.9 Å². The molecule has 4 saturated carbocycles. The van der Waals surface area contributed by atoms with Crippen molar-refractivity contribution >= 4 is 5.91 Å². The molecule has 0 aromatic carbocycles. The zero-order valence-electron chi connectivity index (χ0n) is 15.5. The number of amides is 1. The van der Waals surface area contributed by atoms with Crippen LogP contribution in [0.1, 0.15) is 61.9 Å². The quantitative estimate of drug-likeness (QED) is 0.887. The molecule has 1 aromatic rings. The van der Waals surface area contributed by atoms with Crippen molar-refractivity contribution in [1.29, 1.82) is 0 Å². The van der Waals surface area contributed by atoms with Gasteiger partial charge in [0.05, 0.1) is 18.2 Å². The average Bonchev–Trinajstić information content (AvgIpc) is 3.29. The molecule has 1 atom stereocenters. The van der Waals surface area contributed by atoms with Crippen molar-refractivity contribution < 1.29 is 9.53 Å². The van der Waals surface area contributed by atoms with Crippen molar-refractivity contribution in [3.63, 3.8) is 0 Å². The van der Waals surface area contributed by atoms with Gasteiger partial charge in [0.15, 0.2) is 0 Å². The van der Waals surface area contributed by atoms with E-state index >= 15 is 0 Å². The topological polar surface area (TPSA) is 58.2 Å². The van der Waals surface area contributed by atoms with E-state index in [0.29, 0.717) is 17.9 Å². The van der Waals surface area contributed by atoms with Crippen LogP contribution in [0.15, 0.2) is 0 Å². The van der Waals surface area contributed by atoms with Gasteiger partial charge in [-0.1, -0.05) is 0 Å². The Morgan fingerprint density at radius 3 is 2.54 bits per heavy atom. The maximum Gasteiger partial charge on any atom is 0.228 e. The second-order valence-corrected chi connectivity index (χ2v) is 9.80. The van der Waals surface area contributed by atoms with E-state index in [0.717, 1.165) is 50.3 Å². The van der Waals surface area contributed by atoms with Crippen molar-refractivity contribution in [2.24, 2.45) is 23.7 Å². The molecule has 2 aliphatic heterocycles. The Labute approximate surface area is 154 Å². The highest BCUT2D eigenvalue weighted by molar-refractivity contribution is 5.79. The Morgan fingerprint density at radius 1 is 1.15 bits per heavy atom. The van der Waals surface area contributed by atoms with Crippen molar-refractivity contribution in [2.75, 3.05) is 19.8 Å². The average molecular weight is 355 g/mol. The minimum Gasteiger partial charge on any atom is -0.381 e. The third kappa shape index (κ3) is 2.25. The molecular formula is C21H29N3O2. The number of fused-ring (bicyclic) bond motifs is 1. The number of ether oxygens (including phenoxy) is 1. The van der Waals surface area contributed by atoms with Crippen LogP contribution < -0.4 is 0 Å². The normalized spacial score (nSPS) is 40.8. The summed E-state index contributed by atoms with van der Waals surface area (Å²) in [5, 5.41) is 8.26.